The van der Waals surface area contributed by atoms with Crippen LogP contribution in [0.4, 0.5) is 29.3 Å². The second-order valence-corrected chi connectivity index (χ2v) is 13.2. The number of aromatic hydroxyl groups is 1. The Morgan fingerprint density at radius 3 is 2.43 bits per heavy atom. The van der Waals surface area contributed by atoms with E-state index >= 15 is 0 Å². The number of amides is 4. The van der Waals surface area contributed by atoms with Crippen LogP contribution >= 0.6 is 22.9 Å². The van der Waals surface area contributed by atoms with Crippen molar-refractivity contribution in [1.29, 1.82) is 0 Å². The van der Waals surface area contributed by atoms with Crippen molar-refractivity contribution < 1.29 is 32.7 Å². The first-order valence-corrected chi connectivity index (χ1v) is 16.7. The molecule has 250 valence electrons. The molecule has 5 heterocycles. The lowest BCUT2D eigenvalue weighted by atomic mass is 9.92. The van der Waals surface area contributed by atoms with Gasteiger partial charge in [0.15, 0.2) is 0 Å². The van der Waals surface area contributed by atoms with Crippen LogP contribution in [-0.2, 0) is 28.7 Å². The van der Waals surface area contributed by atoms with Crippen molar-refractivity contribution in [2.24, 2.45) is 5.92 Å². The van der Waals surface area contributed by atoms with Crippen LogP contribution in [-0.4, -0.2) is 87.9 Å². The predicted molar refractivity (Wildman–Crippen MR) is 171 cm³/mol. The zero-order valence-corrected chi connectivity index (χ0v) is 27.0. The van der Waals surface area contributed by atoms with Crippen LogP contribution in [0.2, 0.25) is 5.02 Å². The molecule has 0 unspecified atom stereocenters. The summed E-state index contributed by atoms with van der Waals surface area (Å²) in [4.78, 5) is 51.6. The van der Waals surface area contributed by atoms with E-state index < -0.39 is 28.4 Å². The summed E-state index contributed by atoms with van der Waals surface area (Å²) < 4.78 is 41.0. The van der Waals surface area contributed by atoms with E-state index in [9.17, 15) is 32.7 Å². The normalized spacial score (nSPS) is 18.2. The summed E-state index contributed by atoms with van der Waals surface area (Å²) in [7, 11) is 0. The maximum Gasteiger partial charge on any atom is 0.420 e. The van der Waals surface area contributed by atoms with Gasteiger partial charge in [0.25, 0.3) is 0 Å². The number of pyridine rings is 1. The van der Waals surface area contributed by atoms with Crippen LogP contribution in [0.3, 0.4) is 0 Å². The third kappa shape index (κ3) is 7.28. The molecule has 6 rings (SSSR count). The quantitative estimate of drug-likeness (QED) is 0.341. The molecule has 1 aromatic carbocycles. The van der Waals surface area contributed by atoms with E-state index in [4.69, 9.17) is 11.6 Å². The summed E-state index contributed by atoms with van der Waals surface area (Å²) >= 11 is 7.51. The SMILES string of the molecule is O=C(C[C@H](Cc1cc(Cl)c(O)c(C(F)(F)F)c1)C(=O)N1CCN(c2ccncc2)CC1)N1CCC(N2Cc3cscc3NC2=O)CC1. The van der Waals surface area contributed by atoms with Crippen molar-refractivity contribution in [3.8, 4) is 5.75 Å². The van der Waals surface area contributed by atoms with Gasteiger partial charge in [-0.3, -0.25) is 14.6 Å². The Morgan fingerprint density at radius 2 is 1.74 bits per heavy atom. The fraction of sp³-hybridized carbons (Fsp3) is 0.438. The van der Waals surface area contributed by atoms with Gasteiger partial charge in [0, 0.05) is 80.8 Å². The summed E-state index contributed by atoms with van der Waals surface area (Å²) in [5, 5.41) is 16.3. The number of piperidine rings is 1. The van der Waals surface area contributed by atoms with Gasteiger partial charge >= 0.3 is 12.2 Å². The molecule has 3 aliphatic rings. The first kappa shape index (κ1) is 32.9. The molecular formula is C32H34ClF3N6O4S. The number of hydrogen-bond donors (Lipinski definition) is 2. The van der Waals surface area contributed by atoms with Crippen LogP contribution in [0, 0.1) is 5.92 Å². The number of carbonyl (C=O) groups is 3. The molecule has 15 heteroatoms. The van der Waals surface area contributed by atoms with Gasteiger partial charge in [0.1, 0.15) is 5.75 Å². The van der Waals surface area contributed by atoms with Crippen molar-refractivity contribution in [3.63, 3.8) is 0 Å². The molecule has 10 nitrogen and oxygen atoms in total. The largest absolute Gasteiger partial charge is 0.506 e. The maximum atomic E-state index is 13.9. The number of piperazine rings is 1. The van der Waals surface area contributed by atoms with Crippen molar-refractivity contribution in [3.05, 3.63) is 69.1 Å². The number of nitrogens with one attached hydrogen (secondary N) is 1. The lowest BCUT2D eigenvalue weighted by molar-refractivity contribution is -0.142. The van der Waals surface area contributed by atoms with Crippen LogP contribution in [0.1, 0.15) is 36.0 Å². The molecule has 0 spiro atoms. The monoisotopic (exact) mass is 690 g/mol. The van der Waals surface area contributed by atoms with E-state index in [2.05, 4.69) is 15.2 Å². The van der Waals surface area contributed by atoms with E-state index in [1.807, 2.05) is 22.9 Å². The molecule has 2 fully saturated rings. The minimum Gasteiger partial charge on any atom is -0.506 e. The van der Waals surface area contributed by atoms with Gasteiger partial charge in [-0.15, -0.1) is 11.3 Å². The van der Waals surface area contributed by atoms with E-state index in [0.717, 1.165) is 23.0 Å². The second kappa shape index (κ2) is 13.6. The van der Waals surface area contributed by atoms with Gasteiger partial charge in [-0.2, -0.15) is 13.2 Å². The van der Waals surface area contributed by atoms with E-state index in [1.54, 1.807) is 27.1 Å². The van der Waals surface area contributed by atoms with E-state index in [1.165, 1.54) is 17.4 Å². The van der Waals surface area contributed by atoms with Crippen molar-refractivity contribution in [1.82, 2.24) is 19.7 Å². The standard InChI is InChI=1S/C32H34ClF3N6O4S/c33-26-15-20(14-25(29(26)44)32(34,35)36)13-21(30(45)41-11-9-39(10-12-41)23-1-5-37-6-2-23)16-28(43)40-7-3-24(4-8-40)42-17-22-18-47-19-27(22)38-31(42)46/h1-2,5-6,14-15,18-19,21,24,44H,3-4,7-13,16-17H2,(H,38,46)/t21-/m0/s1. The van der Waals surface area contributed by atoms with Gasteiger partial charge in [-0.25, -0.2) is 4.79 Å². The average molecular weight is 691 g/mol. The molecule has 0 bridgehead atoms. The number of carbonyl (C=O) groups excluding carboxylic acids is 3. The summed E-state index contributed by atoms with van der Waals surface area (Å²) in [6, 6.07) is 5.55. The number of urea groups is 1. The number of aromatic nitrogens is 1. The minimum absolute atomic E-state index is 0.0545. The van der Waals surface area contributed by atoms with Gasteiger partial charge in [0.2, 0.25) is 11.8 Å². The van der Waals surface area contributed by atoms with E-state index in [-0.39, 0.29) is 42.3 Å². The van der Waals surface area contributed by atoms with Crippen molar-refractivity contribution >= 4 is 52.2 Å². The summed E-state index contributed by atoms with van der Waals surface area (Å²) in [5.74, 6) is -2.62. The number of phenolic OH excluding ortho intramolecular Hbond substituents is 1. The highest BCUT2D eigenvalue weighted by Gasteiger charge is 2.38. The van der Waals surface area contributed by atoms with E-state index in [0.29, 0.717) is 58.7 Å². The first-order chi connectivity index (χ1) is 22.5. The summed E-state index contributed by atoms with van der Waals surface area (Å²) in [6.45, 7) is 3.13. The molecule has 2 aromatic heterocycles. The Morgan fingerprint density at radius 1 is 1.04 bits per heavy atom. The number of phenols is 1. The van der Waals surface area contributed by atoms with Crippen LogP contribution in [0.5, 0.6) is 5.75 Å². The highest BCUT2D eigenvalue weighted by atomic mass is 35.5. The van der Waals surface area contributed by atoms with Crippen LogP contribution in [0.25, 0.3) is 0 Å². The molecule has 0 saturated carbocycles. The molecule has 0 aliphatic carbocycles. The topological polar surface area (TPSA) is 109 Å². The lowest BCUT2D eigenvalue weighted by Gasteiger charge is -2.40. The number of hydrogen-bond acceptors (Lipinski definition) is 7. The van der Waals surface area contributed by atoms with Crippen LogP contribution < -0.4 is 10.2 Å². The molecule has 4 amide bonds. The van der Waals surface area contributed by atoms with Gasteiger partial charge < -0.3 is 30.0 Å². The molecule has 2 saturated heterocycles. The lowest BCUT2D eigenvalue weighted by Crippen LogP contribution is -2.52. The molecule has 3 aromatic rings. The Labute approximate surface area is 278 Å². The number of alkyl halides is 3. The Balaban J connectivity index is 1.15. The smallest absolute Gasteiger partial charge is 0.420 e. The predicted octanol–water partition coefficient (Wildman–Crippen LogP) is 5.46. The molecule has 47 heavy (non-hydrogen) atoms. The summed E-state index contributed by atoms with van der Waals surface area (Å²) in [6.07, 6.45) is -0.704. The number of fused-ring (bicyclic) bond motifs is 1. The summed E-state index contributed by atoms with van der Waals surface area (Å²) in [5.41, 5.74) is 1.67. The zero-order chi connectivity index (χ0) is 33.3. The Kier molecular flexibility index (Phi) is 9.51. The van der Waals surface area contributed by atoms with Gasteiger partial charge in [-0.05, 0) is 54.5 Å². The van der Waals surface area contributed by atoms with Crippen molar-refractivity contribution in [2.45, 2.75) is 44.4 Å². The number of thiophene rings is 1. The number of halogens is 4. The number of nitrogens with zero attached hydrogens (tertiary/aromatic N) is 5. The van der Waals surface area contributed by atoms with Crippen LogP contribution in [0.15, 0.2) is 47.4 Å². The number of anilines is 2. The molecule has 3 aliphatic heterocycles. The Hall–Kier alpha value is -4.04. The third-order valence-electron chi connectivity index (χ3n) is 9.14. The van der Waals surface area contributed by atoms with Gasteiger partial charge in [-0.1, -0.05) is 11.6 Å². The molecule has 2 N–H and O–H groups in total. The van der Waals surface area contributed by atoms with Gasteiger partial charge in [0.05, 0.1) is 28.7 Å². The third-order valence-corrected chi connectivity index (χ3v) is 10.2. The number of rotatable bonds is 7. The zero-order valence-electron chi connectivity index (χ0n) is 25.4. The highest BCUT2D eigenvalue weighted by Crippen LogP contribution is 2.41. The maximum absolute atomic E-state index is 13.9. The molecule has 1 atom stereocenters. The molecular weight excluding hydrogens is 657 g/mol. The second-order valence-electron chi connectivity index (χ2n) is 12.1. The fourth-order valence-corrected chi connectivity index (χ4v) is 7.60. The molecule has 0 radical (unpaired) electrons. The number of benzene rings is 1. The average Bonchev–Trinajstić information content (AvgIpc) is 3.52. The number of likely N-dealkylation sites (tertiary alicyclic amines) is 1. The highest BCUT2D eigenvalue weighted by molar-refractivity contribution is 7.08. The first-order valence-electron chi connectivity index (χ1n) is 15.4. The Bertz CT molecular complexity index is 1620. The fourth-order valence-electron chi connectivity index (χ4n) is 6.58. The minimum atomic E-state index is -4.86. The van der Waals surface area contributed by atoms with Crippen molar-refractivity contribution in [2.75, 3.05) is 49.5 Å².